The van der Waals surface area contributed by atoms with E-state index in [-0.39, 0.29) is 21.2 Å². The van der Waals surface area contributed by atoms with Gasteiger partial charge in [0.05, 0.1) is 16.9 Å². The van der Waals surface area contributed by atoms with Crippen LogP contribution in [0.3, 0.4) is 0 Å². The molecule has 0 spiro atoms. The molecule has 30 heavy (non-hydrogen) atoms. The van der Waals surface area contributed by atoms with Crippen molar-refractivity contribution in [2.24, 2.45) is 0 Å². The second-order valence-electron chi connectivity index (χ2n) is 6.40. The fraction of sp³-hybridized carbons (Fsp3) is 0.100. The first-order valence-electron chi connectivity index (χ1n) is 8.67. The third kappa shape index (κ3) is 4.89. The predicted octanol–water partition coefficient (Wildman–Crippen LogP) is 3.74. The molecule has 0 amide bonds. The number of nitrogens with one attached hydrogen (secondary N) is 2. The molecule has 0 atom stereocenters. The van der Waals surface area contributed by atoms with Gasteiger partial charge in [0, 0.05) is 11.4 Å². The maximum Gasteiger partial charge on any atom is 0.262 e. The molecule has 0 unspecified atom stereocenters. The molecule has 0 aliphatic rings. The van der Waals surface area contributed by atoms with E-state index in [1.165, 1.54) is 43.5 Å². The topological polar surface area (TPSA) is 102 Å². The van der Waals surface area contributed by atoms with Crippen LogP contribution in [-0.2, 0) is 20.0 Å². The van der Waals surface area contributed by atoms with Gasteiger partial charge in [0.1, 0.15) is 0 Å². The van der Waals surface area contributed by atoms with Crippen LogP contribution in [-0.4, -0.2) is 23.9 Å². The summed E-state index contributed by atoms with van der Waals surface area (Å²) in [4.78, 5) is -0.332. The highest BCUT2D eigenvalue weighted by Gasteiger charge is 2.18. The zero-order valence-corrected chi connectivity index (χ0v) is 17.7. The van der Waals surface area contributed by atoms with E-state index < -0.39 is 25.9 Å². The van der Waals surface area contributed by atoms with Crippen LogP contribution in [0.25, 0.3) is 0 Å². The first-order valence-corrected chi connectivity index (χ1v) is 11.6. The predicted molar refractivity (Wildman–Crippen MR) is 112 cm³/mol. The quantitative estimate of drug-likeness (QED) is 0.571. The highest BCUT2D eigenvalue weighted by Crippen LogP contribution is 2.24. The molecule has 0 radical (unpaired) electrons. The summed E-state index contributed by atoms with van der Waals surface area (Å²) in [5.41, 5.74) is 1.44. The first-order chi connectivity index (χ1) is 14.1. The Morgan fingerprint density at radius 2 is 1.37 bits per heavy atom. The van der Waals surface area contributed by atoms with Gasteiger partial charge in [-0.1, -0.05) is 12.1 Å². The van der Waals surface area contributed by atoms with Gasteiger partial charge in [0.25, 0.3) is 20.0 Å². The monoisotopic (exact) mass is 450 g/mol. The summed E-state index contributed by atoms with van der Waals surface area (Å²) in [5.74, 6) is -0.895. The molecular formula is C20H19FN2O5S2. The van der Waals surface area contributed by atoms with Crippen molar-refractivity contribution in [3.05, 3.63) is 78.1 Å². The molecule has 0 saturated heterocycles. The zero-order chi connectivity index (χ0) is 21.9. The van der Waals surface area contributed by atoms with E-state index in [1.807, 2.05) is 13.0 Å². The van der Waals surface area contributed by atoms with Gasteiger partial charge < -0.3 is 4.74 Å². The maximum absolute atomic E-state index is 13.8. The number of aryl methyl sites for hydroxylation is 1. The lowest BCUT2D eigenvalue weighted by Crippen LogP contribution is -2.15. The lowest BCUT2D eigenvalue weighted by molar-refractivity contribution is 0.385. The summed E-state index contributed by atoms with van der Waals surface area (Å²) in [7, 11) is -6.65. The van der Waals surface area contributed by atoms with Gasteiger partial charge in [-0.25, -0.2) is 21.2 Å². The minimum absolute atomic E-state index is 0.0394. The van der Waals surface area contributed by atoms with Gasteiger partial charge in [-0.05, 0) is 67.1 Å². The number of benzene rings is 3. The molecular weight excluding hydrogens is 431 g/mol. The Kier molecular flexibility index (Phi) is 5.99. The fourth-order valence-electron chi connectivity index (χ4n) is 2.65. The van der Waals surface area contributed by atoms with Gasteiger partial charge in [-0.15, -0.1) is 0 Å². The Hall–Kier alpha value is -3.11. The summed E-state index contributed by atoms with van der Waals surface area (Å²) in [5, 5.41) is 0. The molecule has 0 heterocycles. The van der Waals surface area contributed by atoms with E-state index in [4.69, 9.17) is 4.74 Å². The van der Waals surface area contributed by atoms with E-state index >= 15 is 0 Å². The Labute approximate surface area is 174 Å². The van der Waals surface area contributed by atoms with Crippen LogP contribution in [0.1, 0.15) is 5.56 Å². The van der Waals surface area contributed by atoms with Crippen LogP contribution in [0.4, 0.5) is 15.8 Å². The minimum atomic E-state index is -4.07. The lowest BCUT2D eigenvalue weighted by atomic mass is 10.2. The molecule has 2 N–H and O–H groups in total. The van der Waals surface area contributed by atoms with Gasteiger partial charge in [-0.3, -0.25) is 9.44 Å². The van der Waals surface area contributed by atoms with Gasteiger partial charge in [0.2, 0.25) is 0 Å². The summed E-state index contributed by atoms with van der Waals surface area (Å²) in [6, 6.07) is 15.3. The number of rotatable bonds is 7. The number of anilines is 2. The molecule has 3 aromatic rings. The van der Waals surface area contributed by atoms with E-state index in [1.54, 1.807) is 18.2 Å². The second-order valence-corrected chi connectivity index (χ2v) is 9.77. The van der Waals surface area contributed by atoms with Crippen molar-refractivity contribution in [2.75, 3.05) is 16.6 Å². The van der Waals surface area contributed by atoms with Crippen LogP contribution in [0, 0.1) is 12.7 Å². The van der Waals surface area contributed by atoms with E-state index in [2.05, 4.69) is 9.44 Å². The molecule has 10 heteroatoms. The average Bonchev–Trinajstić information content (AvgIpc) is 2.67. The van der Waals surface area contributed by atoms with E-state index in [0.29, 0.717) is 5.69 Å². The van der Waals surface area contributed by atoms with Crippen LogP contribution >= 0.6 is 0 Å². The number of methoxy groups -OCH3 is 1. The SMILES string of the molecule is COc1ccc(S(=O)(=O)Nc2ccc(S(=O)(=O)Nc3cccc(C)c3)cc2)cc1F. The second kappa shape index (κ2) is 8.33. The van der Waals surface area contributed by atoms with Crippen molar-refractivity contribution in [3.63, 3.8) is 0 Å². The lowest BCUT2D eigenvalue weighted by Gasteiger charge is -2.11. The molecule has 3 rings (SSSR count). The van der Waals surface area contributed by atoms with Gasteiger partial charge in [0.15, 0.2) is 11.6 Å². The van der Waals surface area contributed by atoms with Crippen molar-refractivity contribution >= 4 is 31.4 Å². The standard InChI is InChI=1S/C20H19FN2O5S2/c1-14-4-3-5-16(12-14)23-29(24,25)17-8-6-15(7-9-17)22-30(26,27)18-10-11-20(28-2)19(21)13-18/h3-13,22-23H,1-2H3. The number of hydrogen-bond acceptors (Lipinski definition) is 5. The van der Waals surface area contributed by atoms with Crippen molar-refractivity contribution in [1.29, 1.82) is 0 Å². The minimum Gasteiger partial charge on any atom is -0.494 e. The number of ether oxygens (including phenoxy) is 1. The maximum atomic E-state index is 13.8. The summed E-state index contributed by atoms with van der Waals surface area (Å²) >= 11 is 0. The Balaban J connectivity index is 1.79. The molecule has 3 aromatic carbocycles. The Bertz CT molecular complexity index is 1270. The molecule has 0 bridgehead atoms. The third-order valence-corrected chi connectivity index (χ3v) is 6.90. The highest BCUT2D eigenvalue weighted by atomic mass is 32.2. The molecule has 7 nitrogen and oxygen atoms in total. The van der Waals surface area contributed by atoms with E-state index in [0.717, 1.165) is 11.6 Å². The van der Waals surface area contributed by atoms with Gasteiger partial charge in [-0.2, -0.15) is 0 Å². The van der Waals surface area contributed by atoms with Crippen LogP contribution < -0.4 is 14.2 Å². The largest absolute Gasteiger partial charge is 0.494 e. The van der Waals surface area contributed by atoms with Crippen molar-refractivity contribution in [2.45, 2.75) is 16.7 Å². The molecule has 0 aromatic heterocycles. The Morgan fingerprint density at radius 3 is 1.97 bits per heavy atom. The highest BCUT2D eigenvalue weighted by molar-refractivity contribution is 7.93. The Morgan fingerprint density at radius 1 is 0.767 bits per heavy atom. The van der Waals surface area contributed by atoms with E-state index in [9.17, 15) is 21.2 Å². The average molecular weight is 451 g/mol. The molecule has 0 saturated carbocycles. The molecule has 0 aliphatic heterocycles. The summed E-state index contributed by atoms with van der Waals surface area (Å²) in [6.07, 6.45) is 0. The number of hydrogen-bond donors (Lipinski definition) is 2. The molecule has 0 aliphatic carbocycles. The van der Waals surface area contributed by atoms with Crippen molar-refractivity contribution in [3.8, 4) is 5.75 Å². The number of halogens is 1. The third-order valence-electron chi connectivity index (χ3n) is 4.12. The molecule has 158 valence electrons. The molecule has 0 fully saturated rings. The fourth-order valence-corrected chi connectivity index (χ4v) is 4.77. The van der Waals surface area contributed by atoms with Crippen LogP contribution in [0.2, 0.25) is 0 Å². The normalized spacial score (nSPS) is 11.7. The zero-order valence-electron chi connectivity index (χ0n) is 16.1. The van der Waals surface area contributed by atoms with Crippen LogP contribution in [0.15, 0.2) is 76.5 Å². The van der Waals surface area contributed by atoms with Crippen LogP contribution in [0.5, 0.6) is 5.75 Å². The summed E-state index contributed by atoms with van der Waals surface area (Å²) in [6.45, 7) is 1.84. The van der Waals surface area contributed by atoms with Gasteiger partial charge >= 0.3 is 0 Å². The number of sulfonamides is 2. The van der Waals surface area contributed by atoms with Crippen molar-refractivity contribution < 1.29 is 26.0 Å². The summed E-state index contributed by atoms with van der Waals surface area (Å²) < 4.78 is 73.3. The smallest absolute Gasteiger partial charge is 0.262 e. The van der Waals surface area contributed by atoms with Crippen molar-refractivity contribution in [1.82, 2.24) is 0 Å². The first kappa shape index (κ1) is 21.6.